The molecule has 1 atom stereocenters. The lowest BCUT2D eigenvalue weighted by molar-refractivity contribution is 0.365. The Bertz CT molecular complexity index is 349. The van der Waals surface area contributed by atoms with Crippen molar-refractivity contribution in [1.82, 2.24) is 0 Å². The van der Waals surface area contributed by atoms with Gasteiger partial charge in [0, 0.05) is 11.6 Å². The van der Waals surface area contributed by atoms with Gasteiger partial charge in [-0.15, -0.1) is 0 Å². The minimum Gasteiger partial charge on any atom is -0.504 e. The molecule has 1 unspecified atom stereocenters. The number of aromatic hydroxyl groups is 1. The number of rotatable bonds is 1. The monoisotopic (exact) mass is 193 g/mol. The van der Waals surface area contributed by atoms with Crippen LogP contribution < -0.4 is 10.5 Å². The molecule has 0 saturated carbocycles. The molecule has 0 aliphatic heterocycles. The van der Waals surface area contributed by atoms with E-state index >= 15 is 0 Å². The van der Waals surface area contributed by atoms with Crippen molar-refractivity contribution in [3.63, 3.8) is 0 Å². The molecule has 0 heterocycles. The highest BCUT2D eigenvalue weighted by Gasteiger charge is 2.20. The van der Waals surface area contributed by atoms with Gasteiger partial charge >= 0.3 is 0 Å². The van der Waals surface area contributed by atoms with Crippen LogP contribution in [0.15, 0.2) is 12.1 Å². The van der Waals surface area contributed by atoms with E-state index in [1.807, 2.05) is 6.07 Å². The number of phenols is 1. The second kappa shape index (κ2) is 3.50. The molecule has 0 bridgehead atoms. The van der Waals surface area contributed by atoms with E-state index in [0.717, 1.165) is 24.8 Å². The number of benzene rings is 1. The summed E-state index contributed by atoms with van der Waals surface area (Å²) in [6, 6.07) is 3.86. The zero-order valence-corrected chi connectivity index (χ0v) is 8.29. The Balaban J connectivity index is 2.47. The van der Waals surface area contributed by atoms with E-state index in [0.29, 0.717) is 5.75 Å². The van der Waals surface area contributed by atoms with Gasteiger partial charge in [0.2, 0.25) is 0 Å². The molecule has 0 aromatic heterocycles. The van der Waals surface area contributed by atoms with E-state index < -0.39 is 0 Å². The van der Waals surface area contributed by atoms with Gasteiger partial charge in [-0.25, -0.2) is 0 Å². The van der Waals surface area contributed by atoms with Crippen LogP contribution in [0.3, 0.4) is 0 Å². The summed E-state index contributed by atoms with van der Waals surface area (Å²) in [6.07, 6.45) is 2.74. The molecular weight excluding hydrogens is 178 g/mol. The largest absolute Gasteiger partial charge is 0.504 e. The molecule has 1 aliphatic rings. The maximum Gasteiger partial charge on any atom is 0.163 e. The summed E-state index contributed by atoms with van der Waals surface area (Å²) in [5.74, 6) is 0.844. The van der Waals surface area contributed by atoms with Crippen LogP contribution in [0.2, 0.25) is 0 Å². The fourth-order valence-electron chi connectivity index (χ4n) is 2.06. The molecule has 0 amide bonds. The zero-order valence-electron chi connectivity index (χ0n) is 8.29. The summed E-state index contributed by atoms with van der Waals surface area (Å²) in [7, 11) is 1.59. The molecule has 3 N–H and O–H groups in total. The van der Waals surface area contributed by atoms with Crippen LogP contribution in [0, 0.1) is 0 Å². The van der Waals surface area contributed by atoms with Crippen LogP contribution in [-0.2, 0) is 12.8 Å². The van der Waals surface area contributed by atoms with E-state index in [-0.39, 0.29) is 11.8 Å². The van der Waals surface area contributed by atoms with Gasteiger partial charge in [-0.2, -0.15) is 0 Å². The quantitative estimate of drug-likeness (QED) is 0.705. The van der Waals surface area contributed by atoms with Crippen molar-refractivity contribution in [2.24, 2.45) is 5.73 Å². The van der Waals surface area contributed by atoms with Crippen molar-refractivity contribution in [2.45, 2.75) is 25.3 Å². The lowest BCUT2D eigenvalue weighted by Crippen LogP contribution is -2.28. The summed E-state index contributed by atoms with van der Waals surface area (Å²) in [5.41, 5.74) is 8.20. The minimum atomic E-state index is 0.224. The van der Waals surface area contributed by atoms with Gasteiger partial charge in [-0.1, -0.05) is 6.07 Å². The summed E-state index contributed by atoms with van der Waals surface area (Å²) < 4.78 is 5.19. The Morgan fingerprint density at radius 3 is 3.00 bits per heavy atom. The predicted octanol–water partition coefficient (Wildman–Crippen LogP) is 1.22. The number of ether oxygens (including phenoxy) is 1. The van der Waals surface area contributed by atoms with Gasteiger partial charge in [-0.3, -0.25) is 0 Å². The fraction of sp³-hybridized carbons (Fsp3) is 0.455. The Labute approximate surface area is 83.5 Å². The molecular formula is C11H15NO2. The van der Waals surface area contributed by atoms with Crippen molar-refractivity contribution < 1.29 is 9.84 Å². The number of hydrogen-bond acceptors (Lipinski definition) is 3. The lowest BCUT2D eigenvalue weighted by Gasteiger charge is -2.23. The van der Waals surface area contributed by atoms with Crippen LogP contribution in [0.1, 0.15) is 17.5 Å². The SMILES string of the molecule is COc1c(O)ccc2c1CCC(N)C2. The van der Waals surface area contributed by atoms with Crippen molar-refractivity contribution in [2.75, 3.05) is 7.11 Å². The molecule has 2 rings (SSSR count). The highest BCUT2D eigenvalue weighted by Crippen LogP contribution is 2.36. The van der Waals surface area contributed by atoms with Crippen molar-refractivity contribution in [1.29, 1.82) is 0 Å². The third-order valence-corrected chi connectivity index (χ3v) is 2.79. The number of hydrogen-bond donors (Lipinski definition) is 2. The molecule has 14 heavy (non-hydrogen) atoms. The van der Waals surface area contributed by atoms with E-state index in [1.165, 1.54) is 5.56 Å². The average molecular weight is 193 g/mol. The van der Waals surface area contributed by atoms with Crippen LogP contribution in [0.4, 0.5) is 0 Å². The van der Waals surface area contributed by atoms with Crippen molar-refractivity contribution in [3.8, 4) is 11.5 Å². The highest BCUT2D eigenvalue weighted by atomic mass is 16.5. The second-order valence-electron chi connectivity index (χ2n) is 3.76. The highest BCUT2D eigenvalue weighted by molar-refractivity contribution is 5.51. The van der Waals surface area contributed by atoms with Crippen LogP contribution >= 0.6 is 0 Å². The summed E-state index contributed by atoms with van der Waals surface area (Å²) in [6.45, 7) is 0. The Morgan fingerprint density at radius 1 is 1.50 bits per heavy atom. The summed E-state index contributed by atoms with van der Waals surface area (Å²) >= 11 is 0. The normalized spacial score (nSPS) is 20.3. The third kappa shape index (κ3) is 1.44. The van der Waals surface area contributed by atoms with Crippen molar-refractivity contribution in [3.05, 3.63) is 23.3 Å². The standard InChI is InChI=1S/C11H15NO2/c1-14-11-9-4-3-8(12)6-7(9)2-5-10(11)13/h2,5,8,13H,3-4,6,12H2,1H3. The molecule has 0 fully saturated rings. The first-order chi connectivity index (χ1) is 6.72. The first-order valence-corrected chi connectivity index (χ1v) is 4.85. The maximum absolute atomic E-state index is 9.58. The molecule has 76 valence electrons. The second-order valence-corrected chi connectivity index (χ2v) is 3.76. The molecule has 1 aliphatic carbocycles. The first kappa shape index (κ1) is 9.34. The van der Waals surface area contributed by atoms with Gasteiger partial charge in [0.05, 0.1) is 7.11 Å². The Hall–Kier alpha value is -1.22. The maximum atomic E-state index is 9.58. The Kier molecular flexibility index (Phi) is 2.33. The fourth-order valence-corrected chi connectivity index (χ4v) is 2.06. The van der Waals surface area contributed by atoms with Gasteiger partial charge in [0.25, 0.3) is 0 Å². The third-order valence-electron chi connectivity index (χ3n) is 2.79. The molecule has 3 nitrogen and oxygen atoms in total. The number of nitrogens with two attached hydrogens (primary N) is 1. The smallest absolute Gasteiger partial charge is 0.163 e. The summed E-state index contributed by atoms with van der Waals surface area (Å²) in [4.78, 5) is 0. The lowest BCUT2D eigenvalue weighted by atomic mass is 9.88. The molecule has 3 heteroatoms. The molecule has 0 radical (unpaired) electrons. The number of phenolic OH excluding ortho intramolecular Hbond substituents is 1. The van der Waals surface area contributed by atoms with Gasteiger partial charge in [-0.05, 0) is 30.9 Å². The zero-order chi connectivity index (χ0) is 10.1. The number of fused-ring (bicyclic) bond motifs is 1. The van der Waals surface area contributed by atoms with Gasteiger partial charge < -0.3 is 15.6 Å². The molecule has 1 aromatic rings. The van der Waals surface area contributed by atoms with Gasteiger partial charge in [0.15, 0.2) is 11.5 Å². The van der Waals surface area contributed by atoms with E-state index in [1.54, 1.807) is 13.2 Å². The van der Waals surface area contributed by atoms with Gasteiger partial charge in [0.1, 0.15) is 0 Å². The molecule has 0 spiro atoms. The predicted molar refractivity (Wildman–Crippen MR) is 54.7 cm³/mol. The summed E-state index contributed by atoms with van der Waals surface area (Å²) in [5, 5.41) is 9.58. The van der Waals surface area contributed by atoms with Crippen LogP contribution in [-0.4, -0.2) is 18.3 Å². The van der Waals surface area contributed by atoms with Crippen LogP contribution in [0.5, 0.6) is 11.5 Å². The number of methoxy groups -OCH3 is 1. The first-order valence-electron chi connectivity index (χ1n) is 4.85. The van der Waals surface area contributed by atoms with Crippen molar-refractivity contribution >= 4 is 0 Å². The molecule has 0 saturated heterocycles. The van der Waals surface area contributed by atoms with E-state index in [9.17, 15) is 5.11 Å². The Morgan fingerprint density at radius 2 is 2.29 bits per heavy atom. The minimum absolute atomic E-state index is 0.224. The van der Waals surface area contributed by atoms with E-state index in [2.05, 4.69) is 0 Å². The average Bonchev–Trinajstić information content (AvgIpc) is 2.18. The van der Waals surface area contributed by atoms with E-state index in [4.69, 9.17) is 10.5 Å². The van der Waals surface area contributed by atoms with Crippen LogP contribution in [0.25, 0.3) is 0 Å². The molecule has 1 aromatic carbocycles. The topological polar surface area (TPSA) is 55.5 Å².